The van der Waals surface area contributed by atoms with Crippen LogP contribution in [0.3, 0.4) is 0 Å². The van der Waals surface area contributed by atoms with E-state index in [1.165, 1.54) is 0 Å². The zero-order valence-corrected chi connectivity index (χ0v) is 9.14. The smallest absolute Gasteiger partial charge is 0.254 e. The number of nitrogens with one attached hydrogen (secondary N) is 2. The van der Waals surface area contributed by atoms with Crippen LogP contribution in [-0.2, 0) is 6.54 Å². The Hall–Kier alpha value is -1.16. The van der Waals surface area contributed by atoms with Gasteiger partial charge in [-0.15, -0.1) is 0 Å². The van der Waals surface area contributed by atoms with Gasteiger partial charge in [-0.1, -0.05) is 13.8 Å². The highest BCUT2D eigenvalue weighted by Gasteiger charge is 2.03. The molecule has 78 valence electrons. The molecule has 0 amide bonds. The molecule has 2 N–H and O–H groups in total. The van der Waals surface area contributed by atoms with Crippen molar-refractivity contribution < 1.29 is 0 Å². The molecule has 0 saturated heterocycles. The Morgan fingerprint density at radius 1 is 1.43 bits per heavy atom. The largest absolute Gasteiger partial charge is 0.309 e. The Bertz CT molecular complexity index is 368. The molecule has 4 nitrogen and oxygen atoms in total. The van der Waals surface area contributed by atoms with Crippen molar-refractivity contribution >= 4 is 0 Å². The van der Waals surface area contributed by atoms with E-state index in [1.54, 1.807) is 6.92 Å². The highest BCUT2D eigenvalue weighted by molar-refractivity contribution is 5.13. The highest BCUT2D eigenvalue weighted by Crippen LogP contribution is 1.96. The molecule has 0 bridgehead atoms. The van der Waals surface area contributed by atoms with Gasteiger partial charge in [0.25, 0.3) is 5.56 Å². The summed E-state index contributed by atoms with van der Waals surface area (Å²) in [7, 11) is 0. The molecule has 0 aliphatic carbocycles. The minimum atomic E-state index is -0.0435. The van der Waals surface area contributed by atoms with Gasteiger partial charge >= 0.3 is 0 Å². The molecule has 0 saturated carbocycles. The van der Waals surface area contributed by atoms with Crippen molar-refractivity contribution in [1.29, 1.82) is 0 Å². The Morgan fingerprint density at radius 2 is 2.07 bits per heavy atom. The van der Waals surface area contributed by atoms with Crippen LogP contribution in [-0.4, -0.2) is 16.0 Å². The van der Waals surface area contributed by atoms with Crippen LogP contribution in [0, 0.1) is 13.8 Å². The van der Waals surface area contributed by atoms with Crippen molar-refractivity contribution in [2.24, 2.45) is 0 Å². The average molecular weight is 195 g/mol. The van der Waals surface area contributed by atoms with Gasteiger partial charge in [0.1, 0.15) is 5.82 Å². The van der Waals surface area contributed by atoms with Gasteiger partial charge in [0.2, 0.25) is 0 Å². The first-order valence-electron chi connectivity index (χ1n) is 4.80. The number of aromatic nitrogens is 2. The predicted molar refractivity (Wildman–Crippen MR) is 56.3 cm³/mol. The van der Waals surface area contributed by atoms with E-state index in [0.29, 0.717) is 24.0 Å². The zero-order valence-electron chi connectivity index (χ0n) is 9.14. The van der Waals surface area contributed by atoms with Gasteiger partial charge in [-0.3, -0.25) is 4.79 Å². The Labute approximate surface area is 83.8 Å². The third-order valence-electron chi connectivity index (χ3n) is 2.12. The lowest BCUT2D eigenvalue weighted by Gasteiger charge is -2.08. The molecule has 0 atom stereocenters. The minimum Gasteiger partial charge on any atom is -0.309 e. The summed E-state index contributed by atoms with van der Waals surface area (Å²) >= 11 is 0. The molecule has 0 aliphatic rings. The second-order valence-corrected chi connectivity index (χ2v) is 3.76. The van der Waals surface area contributed by atoms with Gasteiger partial charge in [0.05, 0.1) is 6.54 Å². The minimum absolute atomic E-state index is 0.0435. The number of rotatable bonds is 3. The number of hydrogen-bond acceptors (Lipinski definition) is 3. The molecule has 0 aromatic carbocycles. The quantitative estimate of drug-likeness (QED) is 0.753. The molecule has 0 spiro atoms. The van der Waals surface area contributed by atoms with Crippen molar-refractivity contribution in [3.8, 4) is 0 Å². The van der Waals surface area contributed by atoms with E-state index in [2.05, 4.69) is 29.1 Å². The predicted octanol–water partition coefficient (Wildman–Crippen LogP) is 0.885. The lowest BCUT2D eigenvalue weighted by atomic mass is 10.2. The lowest BCUT2D eigenvalue weighted by Crippen LogP contribution is -2.26. The zero-order chi connectivity index (χ0) is 10.7. The van der Waals surface area contributed by atoms with Crippen molar-refractivity contribution in [2.45, 2.75) is 40.3 Å². The summed E-state index contributed by atoms with van der Waals surface area (Å²) in [5, 5.41) is 3.20. The van der Waals surface area contributed by atoms with E-state index >= 15 is 0 Å². The van der Waals surface area contributed by atoms with Gasteiger partial charge in [-0.05, 0) is 13.8 Å². The van der Waals surface area contributed by atoms with Crippen LogP contribution < -0.4 is 10.9 Å². The summed E-state index contributed by atoms with van der Waals surface area (Å²) in [6, 6.07) is 0.391. The lowest BCUT2D eigenvalue weighted by molar-refractivity contribution is 0.569. The number of aromatic amines is 1. The number of aryl methyl sites for hydroxylation is 1. The van der Waals surface area contributed by atoms with E-state index in [-0.39, 0.29) is 5.56 Å². The van der Waals surface area contributed by atoms with E-state index in [0.717, 1.165) is 5.69 Å². The molecule has 0 radical (unpaired) electrons. The molecule has 1 heterocycles. The first-order chi connectivity index (χ1) is 6.50. The van der Waals surface area contributed by atoms with Crippen LogP contribution in [0.4, 0.5) is 0 Å². The summed E-state index contributed by atoms with van der Waals surface area (Å²) in [6.07, 6.45) is 0. The molecule has 1 rings (SSSR count). The van der Waals surface area contributed by atoms with Crippen LogP contribution in [0.25, 0.3) is 0 Å². The van der Waals surface area contributed by atoms with E-state index in [1.807, 2.05) is 6.92 Å². The van der Waals surface area contributed by atoms with Gasteiger partial charge < -0.3 is 10.3 Å². The highest BCUT2D eigenvalue weighted by atomic mass is 16.1. The van der Waals surface area contributed by atoms with Crippen molar-refractivity contribution in [3.05, 3.63) is 27.4 Å². The van der Waals surface area contributed by atoms with Gasteiger partial charge in [-0.25, -0.2) is 4.98 Å². The first kappa shape index (κ1) is 10.9. The molecule has 1 aromatic heterocycles. The average Bonchev–Trinajstić information content (AvgIpc) is 2.10. The standard InChI is InChI=1S/C10H17N3O/c1-6(2)11-5-9-12-8(4)7(3)10(14)13-9/h6,11H,5H2,1-4H3,(H,12,13,14). The fourth-order valence-corrected chi connectivity index (χ4v) is 1.09. The molecule has 0 unspecified atom stereocenters. The topological polar surface area (TPSA) is 57.8 Å². The molecule has 4 heteroatoms. The van der Waals surface area contributed by atoms with Crippen LogP contribution in [0.15, 0.2) is 4.79 Å². The Balaban J connectivity index is 2.85. The van der Waals surface area contributed by atoms with Crippen LogP contribution >= 0.6 is 0 Å². The fraction of sp³-hybridized carbons (Fsp3) is 0.600. The van der Waals surface area contributed by atoms with Crippen LogP contribution in [0.2, 0.25) is 0 Å². The van der Waals surface area contributed by atoms with Crippen LogP contribution in [0.5, 0.6) is 0 Å². The van der Waals surface area contributed by atoms with Gasteiger partial charge in [0.15, 0.2) is 0 Å². The van der Waals surface area contributed by atoms with Crippen LogP contribution in [0.1, 0.15) is 30.9 Å². The summed E-state index contributed by atoms with van der Waals surface area (Å²) in [6.45, 7) is 8.34. The summed E-state index contributed by atoms with van der Waals surface area (Å²) in [5.41, 5.74) is 1.45. The summed E-state index contributed by atoms with van der Waals surface area (Å²) in [5.74, 6) is 0.701. The monoisotopic (exact) mass is 195 g/mol. The normalized spacial score (nSPS) is 10.9. The second kappa shape index (κ2) is 4.37. The number of hydrogen-bond donors (Lipinski definition) is 2. The summed E-state index contributed by atoms with van der Waals surface area (Å²) in [4.78, 5) is 18.4. The van der Waals surface area contributed by atoms with Crippen molar-refractivity contribution in [1.82, 2.24) is 15.3 Å². The Kier molecular flexibility index (Phi) is 3.41. The molecule has 0 fully saturated rings. The number of H-pyrrole nitrogens is 1. The molecular formula is C10H17N3O. The maximum absolute atomic E-state index is 11.4. The Morgan fingerprint density at radius 3 is 2.57 bits per heavy atom. The molecule has 14 heavy (non-hydrogen) atoms. The maximum atomic E-state index is 11.4. The number of nitrogens with zero attached hydrogens (tertiary/aromatic N) is 1. The van der Waals surface area contributed by atoms with Gasteiger partial charge in [-0.2, -0.15) is 0 Å². The second-order valence-electron chi connectivity index (χ2n) is 3.76. The van der Waals surface area contributed by atoms with E-state index < -0.39 is 0 Å². The van der Waals surface area contributed by atoms with Crippen molar-refractivity contribution in [3.63, 3.8) is 0 Å². The van der Waals surface area contributed by atoms with Gasteiger partial charge in [0, 0.05) is 17.3 Å². The third kappa shape index (κ3) is 2.67. The molecular weight excluding hydrogens is 178 g/mol. The SMILES string of the molecule is Cc1nc(CNC(C)C)[nH]c(=O)c1C. The fourth-order valence-electron chi connectivity index (χ4n) is 1.09. The maximum Gasteiger partial charge on any atom is 0.254 e. The third-order valence-corrected chi connectivity index (χ3v) is 2.12. The van der Waals surface area contributed by atoms with Crippen molar-refractivity contribution in [2.75, 3.05) is 0 Å². The molecule has 0 aliphatic heterocycles. The van der Waals surface area contributed by atoms with E-state index in [4.69, 9.17) is 0 Å². The molecule has 1 aromatic rings. The summed E-state index contributed by atoms with van der Waals surface area (Å²) < 4.78 is 0. The first-order valence-corrected chi connectivity index (χ1v) is 4.80. The van der Waals surface area contributed by atoms with E-state index in [9.17, 15) is 4.79 Å².